The Morgan fingerprint density at radius 3 is 2.41 bits per heavy atom. The summed E-state index contributed by atoms with van der Waals surface area (Å²) in [5.74, 6) is -1.02. The third kappa shape index (κ3) is 3.71. The lowest BCUT2D eigenvalue weighted by molar-refractivity contribution is -0.132. The Bertz CT molecular complexity index is 1260. The summed E-state index contributed by atoms with van der Waals surface area (Å²) >= 11 is 3.42. The minimum absolute atomic E-state index is 0.0564. The van der Waals surface area contributed by atoms with E-state index in [1.54, 1.807) is 25.3 Å². The third-order valence-electron chi connectivity index (χ3n) is 5.60. The Balaban J connectivity index is 1.97. The van der Waals surface area contributed by atoms with Crippen LogP contribution in [0.25, 0.3) is 5.76 Å². The highest BCUT2D eigenvalue weighted by molar-refractivity contribution is 9.10. The number of rotatable bonds is 4. The number of aryl methyl sites for hydroxylation is 2. The van der Waals surface area contributed by atoms with Crippen LogP contribution < -0.4 is 9.64 Å². The average Bonchev–Trinajstić information content (AvgIpc) is 3.04. The second kappa shape index (κ2) is 8.63. The fraction of sp³-hybridized carbons (Fsp3) is 0.154. The normalized spacial score (nSPS) is 17.6. The summed E-state index contributed by atoms with van der Waals surface area (Å²) in [4.78, 5) is 28.0. The van der Waals surface area contributed by atoms with E-state index in [1.165, 1.54) is 4.90 Å². The zero-order valence-electron chi connectivity index (χ0n) is 17.9. The highest BCUT2D eigenvalue weighted by Crippen LogP contribution is 2.43. The molecule has 1 amide bonds. The summed E-state index contributed by atoms with van der Waals surface area (Å²) in [5, 5.41) is 11.2. The monoisotopic (exact) mass is 491 g/mol. The number of ether oxygens (including phenoxy) is 1. The van der Waals surface area contributed by atoms with Crippen LogP contribution in [0.15, 0.2) is 76.8 Å². The molecule has 5 nitrogen and oxygen atoms in total. The quantitative estimate of drug-likeness (QED) is 0.288. The number of aliphatic hydroxyl groups is 1. The molecule has 4 rings (SSSR count). The van der Waals surface area contributed by atoms with Gasteiger partial charge in [-0.1, -0.05) is 48.0 Å². The number of Topliss-reactive ketones (excluding diaryl/α,β-unsaturated/α-hetero) is 1. The van der Waals surface area contributed by atoms with Crippen molar-refractivity contribution in [3.63, 3.8) is 0 Å². The van der Waals surface area contributed by atoms with Crippen molar-refractivity contribution in [3.05, 3.63) is 99.0 Å². The van der Waals surface area contributed by atoms with Gasteiger partial charge in [-0.2, -0.15) is 0 Å². The minimum atomic E-state index is -0.753. The molecule has 0 aliphatic carbocycles. The summed E-state index contributed by atoms with van der Waals surface area (Å²) in [6, 6.07) is 19.3. The summed E-state index contributed by atoms with van der Waals surface area (Å²) in [6.45, 7) is 3.84. The van der Waals surface area contributed by atoms with Crippen LogP contribution in [0.2, 0.25) is 0 Å². The number of methoxy groups -OCH3 is 1. The molecule has 3 aromatic carbocycles. The molecule has 1 atom stereocenters. The van der Waals surface area contributed by atoms with E-state index in [0.717, 1.165) is 16.7 Å². The van der Waals surface area contributed by atoms with Gasteiger partial charge in [-0.25, -0.2) is 0 Å². The Morgan fingerprint density at radius 1 is 1.00 bits per heavy atom. The summed E-state index contributed by atoms with van der Waals surface area (Å²) in [5.41, 5.74) is 3.71. The second-order valence-corrected chi connectivity index (χ2v) is 8.57. The van der Waals surface area contributed by atoms with Crippen molar-refractivity contribution in [3.8, 4) is 5.75 Å². The molecule has 0 aromatic heterocycles. The van der Waals surface area contributed by atoms with Gasteiger partial charge in [-0.05, 0) is 65.2 Å². The molecule has 3 aromatic rings. The SMILES string of the molecule is COc1ccc(/C(O)=C2/C(=O)C(=O)N(c3ccccc3C)C2c2cccc(C)c2)cc1Br. The van der Waals surface area contributed by atoms with Crippen LogP contribution in [0, 0.1) is 13.8 Å². The van der Waals surface area contributed by atoms with E-state index in [0.29, 0.717) is 21.5 Å². The molecule has 0 saturated carbocycles. The first kappa shape index (κ1) is 21.8. The molecule has 1 saturated heterocycles. The molecule has 162 valence electrons. The number of halogens is 1. The van der Waals surface area contributed by atoms with Crippen molar-refractivity contribution in [2.45, 2.75) is 19.9 Å². The van der Waals surface area contributed by atoms with E-state index in [-0.39, 0.29) is 11.3 Å². The zero-order valence-corrected chi connectivity index (χ0v) is 19.5. The lowest BCUT2D eigenvalue weighted by Gasteiger charge is -2.27. The van der Waals surface area contributed by atoms with Crippen molar-refractivity contribution in [2.75, 3.05) is 12.0 Å². The lowest BCUT2D eigenvalue weighted by atomic mass is 9.94. The van der Waals surface area contributed by atoms with E-state index in [1.807, 2.05) is 62.4 Å². The van der Waals surface area contributed by atoms with Gasteiger partial charge in [-0.15, -0.1) is 0 Å². The van der Waals surface area contributed by atoms with Crippen LogP contribution in [0.5, 0.6) is 5.75 Å². The first-order valence-corrected chi connectivity index (χ1v) is 10.9. The molecule has 1 fully saturated rings. The third-order valence-corrected chi connectivity index (χ3v) is 6.22. The minimum Gasteiger partial charge on any atom is -0.507 e. The van der Waals surface area contributed by atoms with Crippen LogP contribution in [0.1, 0.15) is 28.3 Å². The maximum atomic E-state index is 13.2. The van der Waals surface area contributed by atoms with Crippen LogP contribution in [0.4, 0.5) is 5.69 Å². The van der Waals surface area contributed by atoms with Gasteiger partial charge in [0.2, 0.25) is 0 Å². The number of hydrogen-bond donors (Lipinski definition) is 1. The van der Waals surface area contributed by atoms with Gasteiger partial charge in [0.05, 0.1) is 23.2 Å². The zero-order chi connectivity index (χ0) is 23.0. The number of aliphatic hydroxyl groups excluding tert-OH is 1. The standard InChI is InChI=1S/C26H22BrNO4/c1-15-7-6-9-17(13-15)23-22(24(29)18-11-12-21(32-3)19(27)14-18)25(30)26(31)28(23)20-10-5-4-8-16(20)2/h4-14,23,29H,1-3H3/b24-22-. The van der Waals surface area contributed by atoms with Gasteiger partial charge in [0.1, 0.15) is 11.5 Å². The number of para-hydroxylation sites is 1. The molecule has 1 aliphatic heterocycles. The number of carbonyl (C=O) groups excluding carboxylic acids is 2. The molecule has 32 heavy (non-hydrogen) atoms. The van der Waals surface area contributed by atoms with Crippen LogP contribution in [-0.2, 0) is 9.59 Å². The maximum absolute atomic E-state index is 13.2. The molecular weight excluding hydrogens is 470 g/mol. The Hall–Kier alpha value is -3.38. The summed E-state index contributed by atoms with van der Waals surface area (Å²) in [6.07, 6.45) is 0. The van der Waals surface area contributed by atoms with Crippen molar-refractivity contribution in [2.24, 2.45) is 0 Å². The van der Waals surface area contributed by atoms with Crippen molar-refractivity contribution < 1.29 is 19.4 Å². The predicted molar refractivity (Wildman–Crippen MR) is 128 cm³/mol. The molecule has 6 heteroatoms. The largest absolute Gasteiger partial charge is 0.507 e. The smallest absolute Gasteiger partial charge is 0.300 e. The van der Waals surface area contributed by atoms with E-state index in [9.17, 15) is 14.7 Å². The topological polar surface area (TPSA) is 66.8 Å². The van der Waals surface area contributed by atoms with Gasteiger partial charge in [0, 0.05) is 11.3 Å². The van der Waals surface area contributed by atoms with E-state index < -0.39 is 17.7 Å². The first-order valence-electron chi connectivity index (χ1n) is 10.1. The number of benzene rings is 3. The maximum Gasteiger partial charge on any atom is 0.300 e. The molecule has 1 unspecified atom stereocenters. The van der Waals surface area contributed by atoms with E-state index in [2.05, 4.69) is 15.9 Å². The average molecular weight is 492 g/mol. The van der Waals surface area contributed by atoms with Crippen LogP contribution in [-0.4, -0.2) is 23.9 Å². The Labute approximate surface area is 195 Å². The van der Waals surface area contributed by atoms with Gasteiger partial charge < -0.3 is 9.84 Å². The van der Waals surface area contributed by atoms with Crippen molar-refractivity contribution in [1.29, 1.82) is 0 Å². The number of hydrogen-bond acceptors (Lipinski definition) is 4. The van der Waals surface area contributed by atoms with Crippen LogP contribution in [0.3, 0.4) is 0 Å². The van der Waals surface area contributed by atoms with Gasteiger partial charge in [0.25, 0.3) is 11.7 Å². The van der Waals surface area contributed by atoms with Gasteiger partial charge in [0.15, 0.2) is 0 Å². The highest BCUT2D eigenvalue weighted by atomic mass is 79.9. The van der Waals surface area contributed by atoms with Gasteiger partial charge >= 0.3 is 0 Å². The predicted octanol–water partition coefficient (Wildman–Crippen LogP) is 5.70. The fourth-order valence-corrected chi connectivity index (χ4v) is 4.58. The second-order valence-electron chi connectivity index (χ2n) is 7.72. The summed E-state index contributed by atoms with van der Waals surface area (Å²) < 4.78 is 5.89. The fourth-order valence-electron chi connectivity index (χ4n) is 4.04. The lowest BCUT2D eigenvalue weighted by Crippen LogP contribution is -2.30. The van der Waals surface area contributed by atoms with Crippen molar-refractivity contribution in [1.82, 2.24) is 0 Å². The molecular formula is C26H22BrNO4. The Morgan fingerprint density at radius 2 is 1.75 bits per heavy atom. The highest BCUT2D eigenvalue weighted by Gasteiger charge is 2.47. The number of carbonyl (C=O) groups is 2. The molecule has 1 heterocycles. The summed E-state index contributed by atoms with van der Waals surface area (Å²) in [7, 11) is 1.55. The van der Waals surface area contributed by atoms with E-state index >= 15 is 0 Å². The van der Waals surface area contributed by atoms with Crippen LogP contribution >= 0.6 is 15.9 Å². The molecule has 0 radical (unpaired) electrons. The first-order chi connectivity index (χ1) is 15.3. The number of nitrogens with zero attached hydrogens (tertiary/aromatic N) is 1. The van der Waals surface area contributed by atoms with Crippen molar-refractivity contribution >= 4 is 39.1 Å². The Kier molecular flexibility index (Phi) is 5.89. The molecule has 1 N–H and O–H groups in total. The molecule has 0 bridgehead atoms. The molecule has 0 spiro atoms. The number of amides is 1. The molecule has 1 aliphatic rings. The van der Waals surface area contributed by atoms with Gasteiger partial charge in [-0.3, -0.25) is 14.5 Å². The van der Waals surface area contributed by atoms with E-state index in [4.69, 9.17) is 4.74 Å². The number of ketones is 1. The number of anilines is 1.